The van der Waals surface area contributed by atoms with E-state index in [0.717, 1.165) is 12.3 Å². The molecule has 17 nitrogen and oxygen atoms in total. The average Bonchev–Trinajstić information content (AvgIpc) is 2.93. The summed E-state index contributed by atoms with van der Waals surface area (Å²) in [6, 6.07) is 0.819. The molecule has 2 saturated heterocycles. The number of aliphatic hydroxyl groups excluding tert-OH is 1. The van der Waals surface area contributed by atoms with Gasteiger partial charge in [0.1, 0.15) is 12.2 Å². The van der Waals surface area contributed by atoms with Gasteiger partial charge in [-0.1, -0.05) is 0 Å². The topological polar surface area (TPSA) is 253 Å². The Hall–Kier alpha value is -1.17. The molecule has 2 unspecified atom stereocenters. The largest absolute Gasteiger partial charge is 0.490 e. The van der Waals surface area contributed by atoms with Crippen molar-refractivity contribution in [1.29, 1.82) is 0 Å². The van der Waals surface area contributed by atoms with Gasteiger partial charge < -0.3 is 34.2 Å². The number of aliphatic hydroxyl groups is 1. The van der Waals surface area contributed by atoms with Gasteiger partial charge in [0.25, 0.3) is 5.56 Å². The van der Waals surface area contributed by atoms with Crippen LogP contribution in [0.1, 0.15) is 6.23 Å². The van der Waals surface area contributed by atoms with E-state index in [1.165, 1.54) is 0 Å². The first kappa shape index (κ1) is 25.5. The summed E-state index contributed by atoms with van der Waals surface area (Å²) in [6.07, 6.45) is -9.60. The minimum absolute atomic E-state index is 0.567. The molecule has 1 aromatic rings. The molecule has 1 aromatic heterocycles. The maximum atomic E-state index is 14.4. The molecule has 2 fully saturated rings. The number of aromatic amines is 1. The lowest BCUT2D eigenvalue weighted by atomic mass is 9.98. The SMILES string of the molecule is O=c1ccn([C@@H]2O[C@]3(COP(=O)(O)OP(=O)(O)OP(=O)(O)O)[C@@H](O)[C@H]2OC3(F)F)c(=O)[nH]1. The van der Waals surface area contributed by atoms with Crippen molar-refractivity contribution >= 4 is 23.5 Å². The van der Waals surface area contributed by atoms with E-state index < -0.39 is 71.5 Å². The number of rotatable bonds is 8. The van der Waals surface area contributed by atoms with Gasteiger partial charge in [0.15, 0.2) is 6.23 Å². The average molecular weight is 532 g/mol. The number of ether oxygens (including phenoxy) is 2. The van der Waals surface area contributed by atoms with Gasteiger partial charge in [-0.05, 0) is 0 Å². The fourth-order valence-corrected chi connectivity index (χ4v) is 5.98. The molecule has 0 saturated carbocycles. The molecule has 6 N–H and O–H groups in total. The van der Waals surface area contributed by atoms with Gasteiger partial charge in [-0.25, -0.2) is 18.5 Å². The summed E-state index contributed by atoms with van der Waals surface area (Å²) in [5.41, 5.74) is -5.25. The van der Waals surface area contributed by atoms with Gasteiger partial charge in [-0.3, -0.25) is 18.9 Å². The van der Waals surface area contributed by atoms with E-state index in [1.54, 1.807) is 4.98 Å². The van der Waals surface area contributed by atoms with Crippen LogP contribution in [0.5, 0.6) is 0 Å². The van der Waals surface area contributed by atoms with E-state index in [0.29, 0.717) is 4.57 Å². The normalized spacial score (nSPS) is 33.0. The van der Waals surface area contributed by atoms with Gasteiger partial charge in [0.05, 0.1) is 6.61 Å². The third kappa shape index (κ3) is 4.85. The second-order valence-corrected chi connectivity index (χ2v) is 10.7. The third-order valence-corrected chi connectivity index (χ3v) is 7.94. The predicted octanol–water partition coefficient (Wildman–Crippen LogP) is -1.50. The first-order valence-corrected chi connectivity index (χ1v) is 12.4. The van der Waals surface area contributed by atoms with E-state index >= 15 is 0 Å². The molecular formula is C10H13F2N2O15P3. The molecule has 3 heterocycles. The molecule has 32 heavy (non-hydrogen) atoms. The van der Waals surface area contributed by atoms with Gasteiger partial charge in [-0.15, -0.1) is 0 Å². The van der Waals surface area contributed by atoms with Crippen molar-refractivity contribution in [2.45, 2.75) is 30.1 Å². The fourth-order valence-electron chi connectivity index (χ4n) is 2.93. The smallest absolute Gasteiger partial charge is 0.387 e. The Bertz CT molecular complexity index is 1160. The lowest BCUT2D eigenvalue weighted by Crippen LogP contribution is -2.56. The molecule has 3 rings (SSSR count). The monoisotopic (exact) mass is 532 g/mol. The van der Waals surface area contributed by atoms with Crippen LogP contribution in [0.3, 0.4) is 0 Å². The second-order valence-electron chi connectivity index (χ2n) is 6.32. The molecule has 2 aliphatic heterocycles. The van der Waals surface area contributed by atoms with Crippen LogP contribution in [0.25, 0.3) is 0 Å². The highest BCUT2D eigenvalue weighted by atomic mass is 31.3. The van der Waals surface area contributed by atoms with Crippen LogP contribution in [0, 0.1) is 0 Å². The van der Waals surface area contributed by atoms with Crippen molar-refractivity contribution in [2.24, 2.45) is 0 Å². The van der Waals surface area contributed by atoms with Crippen LogP contribution in [0.15, 0.2) is 21.9 Å². The predicted molar refractivity (Wildman–Crippen MR) is 89.8 cm³/mol. The first-order chi connectivity index (χ1) is 14.4. The van der Waals surface area contributed by atoms with Crippen LogP contribution in [-0.4, -0.2) is 64.8 Å². The lowest BCUT2D eigenvalue weighted by molar-refractivity contribution is -0.371. The minimum Gasteiger partial charge on any atom is -0.387 e. The number of phosphoric ester groups is 1. The second kappa shape index (κ2) is 7.95. The summed E-state index contributed by atoms with van der Waals surface area (Å²) in [4.78, 5) is 60.3. The van der Waals surface area contributed by atoms with Gasteiger partial charge in [0.2, 0.25) is 5.60 Å². The number of nitrogens with one attached hydrogen (secondary N) is 1. The maximum absolute atomic E-state index is 14.4. The zero-order chi connectivity index (χ0) is 24.3. The first-order valence-electron chi connectivity index (χ1n) is 7.89. The van der Waals surface area contributed by atoms with E-state index in [1.807, 2.05) is 0 Å². The Labute approximate surface area is 173 Å². The van der Waals surface area contributed by atoms with Crippen LogP contribution in [-0.2, 0) is 36.3 Å². The molecule has 2 bridgehead atoms. The number of nitrogens with zero attached hydrogens (tertiary/aromatic N) is 1. The van der Waals surface area contributed by atoms with Crippen molar-refractivity contribution in [2.75, 3.05) is 6.61 Å². The number of aromatic nitrogens is 2. The summed E-state index contributed by atoms with van der Waals surface area (Å²) in [5.74, 6) is 0. The van der Waals surface area contributed by atoms with Gasteiger partial charge in [-0.2, -0.15) is 17.4 Å². The van der Waals surface area contributed by atoms with Crippen LogP contribution < -0.4 is 11.2 Å². The van der Waals surface area contributed by atoms with Crippen LogP contribution in [0.4, 0.5) is 8.78 Å². The molecular weight excluding hydrogens is 519 g/mol. The molecule has 0 aromatic carbocycles. The van der Waals surface area contributed by atoms with Gasteiger partial charge in [0, 0.05) is 12.3 Å². The highest BCUT2D eigenvalue weighted by Crippen LogP contribution is 2.67. The molecule has 0 amide bonds. The van der Waals surface area contributed by atoms with E-state index in [4.69, 9.17) is 19.4 Å². The Morgan fingerprint density at radius 2 is 1.72 bits per heavy atom. The summed E-state index contributed by atoms with van der Waals surface area (Å²) in [6.45, 7) is -1.75. The summed E-state index contributed by atoms with van der Waals surface area (Å²) in [7, 11) is -17.5. The van der Waals surface area contributed by atoms with Gasteiger partial charge >= 0.3 is 35.3 Å². The number of alkyl halides is 2. The Balaban J connectivity index is 1.83. The number of halogens is 2. The van der Waals surface area contributed by atoms with E-state index in [-0.39, 0.29) is 0 Å². The molecule has 2 aliphatic rings. The maximum Gasteiger partial charge on any atom is 0.490 e. The molecule has 0 aliphatic carbocycles. The number of hydrogen-bond acceptors (Lipinski definition) is 11. The molecule has 0 spiro atoms. The number of phosphoric acid groups is 3. The molecule has 22 heteroatoms. The summed E-state index contributed by atoms with van der Waals surface area (Å²) < 4.78 is 83.5. The summed E-state index contributed by atoms with van der Waals surface area (Å²) >= 11 is 0. The van der Waals surface area contributed by atoms with E-state index in [2.05, 4.69) is 17.9 Å². The molecule has 6 atom stereocenters. The van der Waals surface area contributed by atoms with Crippen LogP contribution in [0.2, 0.25) is 0 Å². The minimum atomic E-state index is -5.94. The highest BCUT2D eigenvalue weighted by molar-refractivity contribution is 7.66. The van der Waals surface area contributed by atoms with Crippen molar-refractivity contribution in [1.82, 2.24) is 9.55 Å². The fraction of sp³-hybridized carbons (Fsp3) is 0.600. The standard InChI is InChI=1S/C10H13F2N2O15P3/c11-10(12)9(3-25-31(21,22)29-32(23,24)28-30(18,19)20)6(16)5(26-10)7(27-9)14-2-1-4(15)13-8(14)17/h1-2,5-7,16H,3H2,(H,21,22)(H,23,24)(H,13,15,17)(H2,18,19,20)/t5-,6+,7-,9-/m1/s1. The molecule has 182 valence electrons. The van der Waals surface area contributed by atoms with Crippen LogP contribution >= 0.6 is 23.5 Å². The highest BCUT2D eigenvalue weighted by Gasteiger charge is 2.77. The molecule has 0 radical (unpaired) electrons. The zero-order valence-corrected chi connectivity index (χ0v) is 17.6. The van der Waals surface area contributed by atoms with Crippen molar-refractivity contribution < 1.29 is 69.8 Å². The van der Waals surface area contributed by atoms with Crippen molar-refractivity contribution in [3.8, 4) is 0 Å². The number of fused-ring (bicyclic) bond motifs is 2. The Kier molecular flexibility index (Phi) is 6.33. The lowest BCUT2D eigenvalue weighted by Gasteiger charge is -2.36. The zero-order valence-electron chi connectivity index (χ0n) is 15.0. The van der Waals surface area contributed by atoms with Crippen molar-refractivity contribution in [3.05, 3.63) is 33.1 Å². The quantitative estimate of drug-likeness (QED) is 0.208. The Morgan fingerprint density at radius 3 is 2.28 bits per heavy atom. The summed E-state index contributed by atoms with van der Waals surface area (Å²) in [5, 5.41) is 10.2. The number of hydrogen-bond donors (Lipinski definition) is 6. The number of H-pyrrole nitrogens is 1. The third-order valence-electron chi connectivity index (χ3n) is 4.16. The van der Waals surface area contributed by atoms with Crippen molar-refractivity contribution in [3.63, 3.8) is 0 Å². The van der Waals surface area contributed by atoms with E-state index in [9.17, 15) is 42.1 Å². The Morgan fingerprint density at radius 1 is 1.09 bits per heavy atom.